The second kappa shape index (κ2) is 10.4. The zero-order chi connectivity index (χ0) is 18.9. The van der Waals surface area contributed by atoms with E-state index >= 15 is 0 Å². The minimum absolute atomic E-state index is 0.00403. The molecule has 0 spiro atoms. The molecule has 0 aromatic rings. The van der Waals surface area contributed by atoms with Gasteiger partial charge >= 0.3 is 0 Å². The summed E-state index contributed by atoms with van der Waals surface area (Å²) >= 11 is 0. The summed E-state index contributed by atoms with van der Waals surface area (Å²) in [5.41, 5.74) is 0. The van der Waals surface area contributed by atoms with Gasteiger partial charge in [-0.3, -0.25) is 14.5 Å². The van der Waals surface area contributed by atoms with E-state index in [1.54, 1.807) is 19.0 Å². The van der Waals surface area contributed by atoms with Gasteiger partial charge < -0.3 is 20.0 Å². The van der Waals surface area contributed by atoms with Crippen LogP contribution in [-0.2, 0) is 9.59 Å². The number of amides is 2. The molecule has 2 aliphatic heterocycles. The third-order valence-corrected chi connectivity index (χ3v) is 4.89. The molecule has 26 heavy (non-hydrogen) atoms. The Bertz CT molecular complexity index is 494. The fourth-order valence-electron chi connectivity index (χ4n) is 3.16. The highest BCUT2D eigenvalue weighted by Gasteiger charge is 2.24. The maximum atomic E-state index is 12.3. The molecule has 0 aliphatic carbocycles. The second-order valence-corrected chi connectivity index (χ2v) is 7.21. The van der Waals surface area contributed by atoms with E-state index in [-0.39, 0.29) is 18.4 Å². The number of carbonyl (C=O) groups excluding carboxylic acids is 2. The molecule has 0 atom stereocenters. The Labute approximate surface area is 157 Å². The topological polar surface area (TPSA) is 71.5 Å². The van der Waals surface area contributed by atoms with Gasteiger partial charge in [0.25, 0.3) is 0 Å². The standard InChI is InChI=1S/C18H34N6O2/c1-4-7-19-18(20-14-16(25)21(2)3)24-12-10-22(11-13-24)15-17(26)23-8-5-6-9-23/h4-15H2,1-3H3,(H,19,20). The number of rotatable bonds is 6. The molecule has 2 amide bonds. The molecule has 0 bridgehead atoms. The maximum absolute atomic E-state index is 12.3. The highest BCUT2D eigenvalue weighted by atomic mass is 16.2. The quantitative estimate of drug-likeness (QED) is 0.515. The third kappa shape index (κ3) is 6.16. The van der Waals surface area contributed by atoms with E-state index in [0.717, 1.165) is 71.0 Å². The summed E-state index contributed by atoms with van der Waals surface area (Å²) < 4.78 is 0. The first-order chi connectivity index (χ1) is 12.5. The molecule has 0 saturated carbocycles. The average Bonchev–Trinajstić information content (AvgIpc) is 3.17. The monoisotopic (exact) mass is 366 g/mol. The van der Waals surface area contributed by atoms with Gasteiger partial charge in [0.1, 0.15) is 6.54 Å². The first-order valence-electron chi connectivity index (χ1n) is 9.74. The molecular weight excluding hydrogens is 332 g/mol. The molecule has 0 radical (unpaired) electrons. The zero-order valence-electron chi connectivity index (χ0n) is 16.5. The van der Waals surface area contributed by atoms with Gasteiger partial charge in [0, 0.05) is 59.9 Å². The second-order valence-electron chi connectivity index (χ2n) is 7.21. The molecule has 148 valence electrons. The van der Waals surface area contributed by atoms with E-state index in [4.69, 9.17) is 0 Å². The minimum atomic E-state index is -0.00403. The summed E-state index contributed by atoms with van der Waals surface area (Å²) in [6.45, 7) is 8.77. The molecule has 8 heteroatoms. The van der Waals surface area contributed by atoms with Crippen molar-refractivity contribution in [1.29, 1.82) is 0 Å². The van der Waals surface area contributed by atoms with Crippen LogP contribution < -0.4 is 5.32 Å². The Morgan fingerprint density at radius 3 is 2.23 bits per heavy atom. The Kier molecular flexibility index (Phi) is 8.15. The van der Waals surface area contributed by atoms with Crippen LogP contribution in [0.15, 0.2) is 4.99 Å². The predicted octanol–water partition coefficient (Wildman–Crippen LogP) is -0.330. The van der Waals surface area contributed by atoms with Crippen molar-refractivity contribution in [2.24, 2.45) is 4.99 Å². The zero-order valence-corrected chi connectivity index (χ0v) is 16.5. The molecule has 0 aromatic carbocycles. The largest absolute Gasteiger partial charge is 0.356 e. The summed E-state index contributed by atoms with van der Waals surface area (Å²) in [5.74, 6) is 1.05. The summed E-state index contributed by atoms with van der Waals surface area (Å²) in [4.78, 5) is 36.6. The summed E-state index contributed by atoms with van der Waals surface area (Å²) in [6, 6.07) is 0. The lowest BCUT2D eigenvalue weighted by atomic mass is 10.3. The number of hydrogen-bond donors (Lipinski definition) is 1. The number of carbonyl (C=O) groups is 2. The van der Waals surface area contributed by atoms with Crippen LogP contribution in [0.1, 0.15) is 26.2 Å². The van der Waals surface area contributed by atoms with Gasteiger partial charge in [-0.25, -0.2) is 4.99 Å². The highest BCUT2D eigenvalue weighted by Crippen LogP contribution is 2.09. The molecule has 1 N–H and O–H groups in total. The van der Waals surface area contributed by atoms with E-state index in [0.29, 0.717) is 6.54 Å². The van der Waals surface area contributed by atoms with Crippen LogP contribution >= 0.6 is 0 Å². The number of likely N-dealkylation sites (N-methyl/N-ethyl adjacent to an activating group) is 1. The predicted molar refractivity (Wildman–Crippen MR) is 103 cm³/mol. The summed E-state index contributed by atoms with van der Waals surface area (Å²) in [6.07, 6.45) is 3.27. The number of nitrogens with one attached hydrogen (secondary N) is 1. The lowest BCUT2D eigenvalue weighted by Crippen LogP contribution is -2.54. The Morgan fingerprint density at radius 1 is 1.00 bits per heavy atom. The van der Waals surface area contributed by atoms with Gasteiger partial charge in [-0.1, -0.05) is 6.92 Å². The van der Waals surface area contributed by atoms with Crippen LogP contribution in [0, 0.1) is 0 Å². The number of nitrogens with zero attached hydrogens (tertiary/aromatic N) is 5. The molecule has 2 saturated heterocycles. The van der Waals surface area contributed by atoms with Gasteiger partial charge in [0.2, 0.25) is 11.8 Å². The number of guanidine groups is 1. The fraction of sp³-hybridized carbons (Fsp3) is 0.833. The summed E-state index contributed by atoms with van der Waals surface area (Å²) in [7, 11) is 3.49. The molecule has 2 rings (SSSR count). The van der Waals surface area contributed by atoms with E-state index in [1.165, 1.54) is 0 Å². The lowest BCUT2D eigenvalue weighted by molar-refractivity contribution is -0.131. The van der Waals surface area contributed by atoms with E-state index in [2.05, 4.69) is 27.0 Å². The van der Waals surface area contributed by atoms with Crippen molar-refractivity contribution < 1.29 is 9.59 Å². The number of aliphatic imine (C=N–C) groups is 1. The average molecular weight is 367 g/mol. The van der Waals surface area contributed by atoms with E-state index in [1.807, 2.05) is 4.90 Å². The Hall–Kier alpha value is -1.83. The minimum Gasteiger partial charge on any atom is -0.356 e. The van der Waals surface area contributed by atoms with E-state index in [9.17, 15) is 9.59 Å². The maximum Gasteiger partial charge on any atom is 0.243 e. The van der Waals surface area contributed by atoms with Crippen LogP contribution in [0.5, 0.6) is 0 Å². The molecule has 2 aliphatic rings. The van der Waals surface area contributed by atoms with Crippen LogP contribution in [0.25, 0.3) is 0 Å². The van der Waals surface area contributed by atoms with Crippen molar-refractivity contribution in [3.63, 3.8) is 0 Å². The summed E-state index contributed by atoms with van der Waals surface area (Å²) in [5, 5.41) is 3.35. The van der Waals surface area contributed by atoms with Crippen molar-refractivity contribution in [1.82, 2.24) is 24.9 Å². The Morgan fingerprint density at radius 2 is 1.65 bits per heavy atom. The van der Waals surface area contributed by atoms with Gasteiger partial charge in [0.05, 0.1) is 6.54 Å². The fourth-order valence-corrected chi connectivity index (χ4v) is 3.16. The van der Waals surface area contributed by atoms with Gasteiger partial charge in [0.15, 0.2) is 5.96 Å². The van der Waals surface area contributed by atoms with Gasteiger partial charge in [-0.05, 0) is 19.3 Å². The molecule has 0 unspecified atom stereocenters. The van der Waals surface area contributed by atoms with Crippen LogP contribution in [0.3, 0.4) is 0 Å². The van der Waals surface area contributed by atoms with Crippen molar-refractivity contribution in [2.75, 3.05) is 73.0 Å². The van der Waals surface area contributed by atoms with Crippen molar-refractivity contribution >= 4 is 17.8 Å². The SMILES string of the molecule is CCCNC(=NCC(=O)N(C)C)N1CCN(CC(=O)N2CCCC2)CC1. The third-order valence-electron chi connectivity index (χ3n) is 4.89. The normalized spacial score (nSPS) is 19.0. The van der Waals surface area contributed by atoms with Crippen LogP contribution in [0.2, 0.25) is 0 Å². The van der Waals surface area contributed by atoms with E-state index < -0.39 is 0 Å². The molecule has 0 aromatic heterocycles. The number of hydrogen-bond acceptors (Lipinski definition) is 4. The Balaban J connectivity index is 1.84. The molecule has 8 nitrogen and oxygen atoms in total. The number of piperazine rings is 1. The lowest BCUT2D eigenvalue weighted by Gasteiger charge is -2.36. The van der Waals surface area contributed by atoms with Crippen LogP contribution in [-0.4, -0.2) is 110 Å². The van der Waals surface area contributed by atoms with Gasteiger partial charge in [-0.15, -0.1) is 0 Å². The number of likely N-dealkylation sites (tertiary alicyclic amines) is 1. The van der Waals surface area contributed by atoms with Crippen molar-refractivity contribution in [3.05, 3.63) is 0 Å². The first kappa shape index (κ1) is 20.5. The smallest absolute Gasteiger partial charge is 0.243 e. The van der Waals surface area contributed by atoms with Crippen molar-refractivity contribution in [3.8, 4) is 0 Å². The highest BCUT2D eigenvalue weighted by molar-refractivity contribution is 5.85. The van der Waals surface area contributed by atoms with Crippen molar-refractivity contribution in [2.45, 2.75) is 26.2 Å². The molecule has 2 fully saturated rings. The van der Waals surface area contributed by atoms with Crippen LogP contribution in [0.4, 0.5) is 0 Å². The first-order valence-corrected chi connectivity index (χ1v) is 9.74. The molecular formula is C18H34N6O2. The van der Waals surface area contributed by atoms with Gasteiger partial charge in [-0.2, -0.15) is 0 Å². The molecule has 2 heterocycles.